The molecule has 0 saturated carbocycles. The Bertz CT molecular complexity index is 186. The van der Waals surface area contributed by atoms with Crippen molar-refractivity contribution < 1.29 is 4.74 Å². The Morgan fingerprint density at radius 2 is 1.53 bits per heavy atom. The van der Waals surface area contributed by atoms with Crippen molar-refractivity contribution in [3.05, 3.63) is 0 Å². The van der Waals surface area contributed by atoms with Crippen LogP contribution in [0, 0.1) is 0 Å². The van der Waals surface area contributed by atoms with Crippen LogP contribution in [-0.4, -0.2) is 75.4 Å². The lowest BCUT2D eigenvalue weighted by atomic mass is 10.3. The zero-order valence-electron chi connectivity index (χ0n) is 13.7. The molecule has 0 aliphatic rings. The van der Waals surface area contributed by atoms with Crippen molar-refractivity contribution in [3.63, 3.8) is 0 Å². The molecule has 0 aromatic carbocycles. The largest absolute Gasteiger partial charge is 0.383 e. The van der Waals surface area contributed by atoms with Crippen molar-refractivity contribution >= 4 is 0 Å². The van der Waals surface area contributed by atoms with Crippen LogP contribution in [0.4, 0.5) is 0 Å². The minimum absolute atomic E-state index is 0.444. The summed E-state index contributed by atoms with van der Waals surface area (Å²) < 4.78 is 5.12. The second kappa shape index (κ2) is 12.9. The van der Waals surface area contributed by atoms with Crippen molar-refractivity contribution in [1.82, 2.24) is 15.1 Å². The maximum atomic E-state index is 5.12. The first-order chi connectivity index (χ1) is 9.17. The lowest BCUT2D eigenvalue weighted by Gasteiger charge is -2.24. The van der Waals surface area contributed by atoms with Crippen LogP contribution in [0.3, 0.4) is 0 Å². The van der Waals surface area contributed by atoms with Crippen molar-refractivity contribution in [3.8, 4) is 0 Å². The Kier molecular flexibility index (Phi) is 12.7. The zero-order chi connectivity index (χ0) is 14.5. The summed E-state index contributed by atoms with van der Waals surface area (Å²) in [5, 5.41) is 3.49. The third-order valence-corrected chi connectivity index (χ3v) is 3.63. The van der Waals surface area contributed by atoms with E-state index in [2.05, 4.69) is 42.8 Å². The molecular formula is C15H35N3O. The third-order valence-electron chi connectivity index (χ3n) is 3.63. The van der Waals surface area contributed by atoms with Gasteiger partial charge in [-0.15, -0.1) is 0 Å². The SMILES string of the molecule is CCN(CC)CCCN(CC)CCNC(C)COC. The van der Waals surface area contributed by atoms with E-state index >= 15 is 0 Å². The van der Waals surface area contributed by atoms with Gasteiger partial charge in [0.25, 0.3) is 0 Å². The van der Waals surface area contributed by atoms with E-state index in [0.29, 0.717) is 6.04 Å². The quantitative estimate of drug-likeness (QED) is 0.552. The average Bonchev–Trinajstić information content (AvgIpc) is 2.42. The number of methoxy groups -OCH3 is 1. The van der Waals surface area contributed by atoms with Crippen LogP contribution < -0.4 is 5.32 Å². The van der Waals surface area contributed by atoms with Gasteiger partial charge in [0.1, 0.15) is 0 Å². The Morgan fingerprint density at radius 3 is 2.05 bits per heavy atom. The summed E-state index contributed by atoms with van der Waals surface area (Å²) in [5.41, 5.74) is 0. The summed E-state index contributed by atoms with van der Waals surface area (Å²) in [6.07, 6.45) is 1.27. The van der Waals surface area contributed by atoms with Gasteiger partial charge in [-0.2, -0.15) is 0 Å². The molecule has 0 rings (SSSR count). The smallest absolute Gasteiger partial charge is 0.0613 e. The maximum absolute atomic E-state index is 5.12. The predicted octanol–water partition coefficient (Wildman–Crippen LogP) is 1.66. The van der Waals surface area contributed by atoms with E-state index in [1.165, 1.54) is 32.6 Å². The van der Waals surface area contributed by atoms with Gasteiger partial charge in [-0.05, 0) is 46.1 Å². The molecule has 0 aromatic rings. The molecule has 4 heteroatoms. The van der Waals surface area contributed by atoms with E-state index in [1.807, 2.05) is 0 Å². The van der Waals surface area contributed by atoms with E-state index in [4.69, 9.17) is 4.74 Å². The standard InChI is InChI=1S/C15H35N3O/c1-6-17(7-2)11-9-12-18(8-3)13-10-16-15(4)14-19-5/h15-16H,6-14H2,1-5H3. The van der Waals surface area contributed by atoms with Crippen molar-refractivity contribution in [2.24, 2.45) is 0 Å². The van der Waals surface area contributed by atoms with Crippen molar-refractivity contribution in [2.75, 3.05) is 59.5 Å². The normalized spacial score (nSPS) is 13.4. The molecule has 0 bridgehead atoms. The van der Waals surface area contributed by atoms with Gasteiger partial charge in [0.15, 0.2) is 0 Å². The van der Waals surface area contributed by atoms with Crippen LogP contribution in [0.25, 0.3) is 0 Å². The summed E-state index contributed by atoms with van der Waals surface area (Å²) >= 11 is 0. The molecule has 0 amide bonds. The minimum Gasteiger partial charge on any atom is -0.383 e. The molecule has 0 spiro atoms. The van der Waals surface area contributed by atoms with Gasteiger partial charge < -0.3 is 19.9 Å². The van der Waals surface area contributed by atoms with Gasteiger partial charge in [0.05, 0.1) is 6.61 Å². The van der Waals surface area contributed by atoms with Crippen molar-refractivity contribution in [2.45, 2.75) is 40.2 Å². The fraction of sp³-hybridized carbons (Fsp3) is 1.00. The summed E-state index contributed by atoms with van der Waals surface area (Å²) in [5.74, 6) is 0. The molecule has 0 radical (unpaired) electrons. The van der Waals surface area contributed by atoms with Gasteiger partial charge in [-0.3, -0.25) is 0 Å². The molecule has 1 atom stereocenters. The lowest BCUT2D eigenvalue weighted by molar-refractivity contribution is 0.168. The predicted molar refractivity (Wildman–Crippen MR) is 83.9 cm³/mol. The summed E-state index contributed by atoms with van der Waals surface area (Å²) in [6, 6.07) is 0.444. The zero-order valence-corrected chi connectivity index (χ0v) is 13.7. The Morgan fingerprint density at radius 1 is 0.947 bits per heavy atom. The van der Waals surface area contributed by atoms with Gasteiger partial charge >= 0.3 is 0 Å². The molecule has 0 heterocycles. The number of nitrogens with one attached hydrogen (secondary N) is 1. The lowest BCUT2D eigenvalue weighted by Crippen LogP contribution is -2.38. The monoisotopic (exact) mass is 273 g/mol. The summed E-state index contributed by atoms with van der Waals surface area (Å²) in [6.45, 7) is 17.7. The molecule has 0 aromatic heterocycles. The van der Waals surface area contributed by atoms with Crippen LogP contribution in [0.2, 0.25) is 0 Å². The Hall–Kier alpha value is -0.160. The highest BCUT2D eigenvalue weighted by Crippen LogP contribution is 1.95. The van der Waals surface area contributed by atoms with Crippen molar-refractivity contribution in [1.29, 1.82) is 0 Å². The van der Waals surface area contributed by atoms with E-state index in [1.54, 1.807) is 7.11 Å². The van der Waals surface area contributed by atoms with Crippen LogP contribution >= 0.6 is 0 Å². The Labute approximate surface area is 120 Å². The highest BCUT2D eigenvalue weighted by Gasteiger charge is 2.05. The number of nitrogens with zero attached hydrogens (tertiary/aromatic N) is 2. The first kappa shape index (κ1) is 18.8. The summed E-state index contributed by atoms with van der Waals surface area (Å²) in [7, 11) is 1.75. The van der Waals surface area contributed by atoms with Crippen LogP contribution in [0.1, 0.15) is 34.1 Å². The fourth-order valence-corrected chi connectivity index (χ4v) is 2.26. The fourth-order valence-electron chi connectivity index (χ4n) is 2.26. The van der Waals surface area contributed by atoms with Gasteiger partial charge in [-0.1, -0.05) is 20.8 Å². The molecule has 0 fully saturated rings. The molecule has 0 aliphatic carbocycles. The molecule has 116 valence electrons. The second-order valence-electron chi connectivity index (χ2n) is 5.13. The number of likely N-dealkylation sites (N-methyl/N-ethyl adjacent to an activating group) is 1. The number of hydrogen-bond acceptors (Lipinski definition) is 4. The molecule has 1 N–H and O–H groups in total. The van der Waals surface area contributed by atoms with Gasteiger partial charge in [0, 0.05) is 26.2 Å². The molecule has 0 saturated heterocycles. The van der Waals surface area contributed by atoms with Gasteiger partial charge in [-0.25, -0.2) is 0 Å². The van der Waals surface area contributed by atoms with E-state index in [0.717, 1.165) is 26.2 Å². The first-order valence-corrected chi connectivity index (χ1v) is 7.84. The van der Waals surface area contributed by atoms with Crippen LogP contribution in [0.5, 0.6) is 0 Å². The van der Waals surface area contributed by atoms with E-state index in [-0.39, 0.29) is 0 Å². The van der Waals surface area contributed by atoms with E-state index < -0.39 is 0 Å². The Balaban J connectivity index is 3.65. The van der Waals surface area contributed by atoms with Gasteiger partial charge in [0.2, 0.25) is 0 Å². The molecule has 0 aliphatic heterocycles. The molecular weight excluding hydrogens is 238 g/mol. The molecule has 4 nitrogen and oxygen atoms in total. The highest BCUT2D eigenvalue weighted by molar-refractivity contribution is 4.64. The topological polar surface area (TPSA) is 27.7 Å². The maximum Gasteiger partial charge on any atom is 0.0613 e. The highest BCUT2D eigenvalue weighted by atomic mass is 16.5. The second-order valence-corrected chi connectivity index (χ2v) is 5.13. The minimum atomic E-state index is 0.444. The molecule has 19 heavy (non-hydrogen) atoms. The van der Waals surface area contributed by atoms with Crippen LogP contribution in [0.15, 0.2) is 0 Å². The average molecular weight is 273 g/mol. The number of rotatable bonds is 13. The van der Waals surface area contributed by atoms with E-state index in [9.17, 15) is 0 Å². The number of hydrogen-bond donors (Lipinski definition) is 1. The first-order valence-electron chi connectivity index (χ1n) is 7.84. The number of ether oxygens (including phenoxy) is 1. The third kappa shape index (κ3) is 10.3. The molecule has 1 unspecified atom stereocenters. The van der Waals surface area contributed by atoms with Crippen LogP contribution in [-0.2, 0) is 4.74 Å². The summed E-state index contributed by atoms with van der Waals surface area (Å²) in [4.78, 5) is 5.02.